The molecule has 0 rings (SSSR count). The van der Waals surface area contributed by atoms with Crippen LogP contribution in [0.3, 0.4) is 0 Å². The maximum atomic E-state index is 6.75. The minimum absolute atomic E-state index is 0.683. The SMILES string of the molecule is CCCCCCCC[O][Ti]([Cl])([O]CCCCCCCC)[O]CCCCCCCC. The van der Waals surface area contributed by atoms with E-state index in [0.29, 0.717) is 19.8 Å². The Morgan fingerprint density at radius 1 is 0.414 bits per heavy atom. The predicted molar refractivity (Wildman–Crippen MR) is 124 cm³/mol. The Morgan fingerprint density at radius 2 is 0.655 bits per heavy atom. The van der Waals surface area contributed by atoms with Crippen LogP contribution < -0.4 is 0 Å². The van der Waals surface area contributed by atoms with Crippen LogP contribution in [0.5, 0.6) is 0 Å². The van der Waals surface area contributed by atoms with Crippen LogP contribution in [0.2, 0.25) is 0 Å². The van der Waals surface area contributed by atoms with E-state index in [1.165, 1.54) is 96.3 Å². The van der Waals surface area contributed by atoms with Gasteiger partial charge in [-0.25, -0.2) is 0 Å². The molecule has 0 saturated carbocycles. The average Bonchev–Trinajstić information content (AvgIpc) is 2.72. The molecule has 0 aromatic carbocycles. The molecule has 0 spiro atoms. The van der Waals surface area contributed by atoms with Crippen LogP contribution in [0.4, 0.5) is 0 Å². The van der Waals surface area contributed by atoms with Gasteiger partial charge in [0.2, 0.25) is 0 Å². The second-order valence-electron chi connectivity index (χ2n) is 8.33. The summed E-state index contributed by atoms with van der Waals surface area (Å²) < 4.78 is 18.1. The summed E-state index contributed by atoms with van der Waals surface area (Å²) in [5.74, 6) is 0. The van der Waals surface area contributed by atoms with E-state index in [1.807, 2.05) is 0 Å². The van der Waals surface area contributed by atoms with Crippen LogP contribution in [0, 0.1) is 0 Å². The maximum absolute atomic E-state index is 6.75. The molecule has 5 heteroatoms. The fourth-order valence-corrected chi connectivity index (χ4v) is 6.52. The van der Waals surface area contributed by atoms with Crippen LogP contribution in [0.1, 0.15) is 136 Å². The van der Waals surface area contributed by atoms with E-state index in [2.05, 4.69) is 20.8 Å². The van der Waals surface area contributed by atoms with Crippen molar-refractivity contribution in [1.29, 1.82) is 0 Å². The van der Waals surface area contributed by atoms with E-state index < -0.39 is 16.7 Å². The third kappa shape index (κ3) is 21.9. The van der Waals surface area contributed by atoms with Crippen molar-refractivity contribution in [2.75, 3.05) is 19.8 Å². The van der Waals surface area contributed by atoms with E-state index in [9.17, 15) is 0 Å². The van der Waals surface area contributed by atoms with Gasteiger partial charge >= 0.3 is 192 Å². The van der Waals surface area contributed by atoms with Gasteiger partial charge in [0.05, 0.1) is 0 Å². The van der Waals surface area contributed by atoms with Crippen molar-refractivity contribution in [3.05, 3.63) is 0 Å². The van der Waals surface area contributed by atoms with Gasteiger partial charge in [-0.1, -0.05) is 0 Å². The van der Waals surface area contributed by atoms with Gasteiger partial charge < -0.3 is 0 Å². The van der Waals surface area contributed by atoms with E-state index in [0.717, 1.165) is 19.3 Å². The van der Waals surface area contributed by atoms with Crippen molar-refractivity contribution < 1.29 is 26.6 Å². The van der Waals surface area contributed by atoms with E-state index in [4.69, 9.17) is 19.3 Å². The van der Waals surface area contributed by atoms with Crippen LogP contribution >= 0.6 is 9.30 Å². The van der Waals surface area contributed by atoms with Crippen molar-refractivity contribution in [1.82, 2.24) is 0 Å². The molecule has 0 bridgehead atoms. The van der Waals surface area contributed by atoms with Gasteiger partial charge in [0.1, 0.15) is 0 Å². The molecule has 0 saturated heterocycles. The minimum atomic E-state index is -3.57. The Kier molecular flexibility index (Phi) is 24.3. The number of halogens is 1. The van der Waals surface area contributed by atoms with Gasteiger partial charge in [-0.3, -0.25) is 0 Å². The summed E-state index contributed by atoms with van der Waals surface area (Å²) in [6.07, 6.45) is 22.5. The van der Waals surface area contributed by atoms with Crippen LogP contribution in [0.15, 0.2) is 0 Å². The van der Waals surface area contributed by atoms with Crippen molar-refractivity contribution in [2.24, 2.45) is 0 Å². The van der Waals surface area contributed by atoms with Crippen LogP contribution in [-0.2, 0) is 26.6 Å². The molecule has 3 nitrogen and oxygen atoms in total. The molecule has 0 unspecified atom stereocenters. The molecular formula is C24H51ClO3Ti. The predicted octanol–water partition coefficient (Wildman–Crippen LogP) is 9.17. The Labute approximate surface area is 191 Å². The zero-order valence-electron chi connectivity index (χ0n) is 20.0. The standard InChI is InChI=1S/3C8H17O.ClH.Ti/c3*1-2-3-4-5-6-7-8-9;;/h3*2-8H2,1H3;1H;/q3*-1;;+4/p-1. The van der Waals surface area contributed by atoms with Crippen LogP contribution in [-0.4, -0.2) is 19.8 Å². The molecule has 0 fully saturated rings. The molecule has 0 aliphatic heterocycles. The van der Waals surface area contributed by atoms with Gasteiger partial charge in [-0.15, -0.1) is 0 Å². The third-order valence-electron chi connectivity index (χ3n) is 5.32. The second kappa shape index (κ2) is 23.5. The summed E-state index contributed by atoms with van der Waals surface area (Å²) in [6.45, 7) is 8.80. The molecule has 0 aromatic heterocycles. The van der Waals surface area contributed by atoms with E-state index >= 15 is 0 Å². The van der Waals surface area contributed by atoms with E-state index in [1.54, 1.807) is 0 Å². The van der Waals surface area contributed by atoms with Crippen molar-refractivity contribution in [3.63, 3.8) is 0 Å². The first kappa shape index (κ1) is 29.9. The van der Waals surface area contributed by atoms with Crippen molar-refractivity contribution >= 4 is 9.30 Å². The normalized spacial score (nSPS) is 12.0. The summed E-state index contributed by atoms with van der Waals surface area (Å²) >= 11 is -3.57. The van der Waals surface area contributed by atoms with Crippen LogP contribution in [0.25, 0.3) is 0 Å². The quantitative estimate of drug-likeness (QED) is 0.104. The Bertz CT molecular complexity index is 273. The fraction of sp³-hybridized carbons (Fsp3) is 1.00. The van der Waals surface area contributed by atoms with E-state index in [-0.39, 0.29) is 0 Å². The van der Waals surface area contributed by atoms with Gasteiger partial charge in [-0.05, 0) is 0 Å². The fourth-order valence-electron chi connectivity index (χ4n) is 3.35. The number of hydrogen-bond acceptors (Lipinski definition) is 3. The molecular weight excluding hydrogens is 420 g/mol. The first-order valence-corrected chi connectivity index (χ1v) is 16.8. The molecule has 0 amide bonds. The molecule has 0 heterocycles. The van der Waals surface area contributed by atoms with Gasteiger partial charge in [0, 0.05) is 0 Å². The first-order valence-electron chi connectivity index (χ1n) is 12.8. The molecule has 0 N–H and O–H groups in total. The molecule has 0 aromatic rings. The summed E-state index contributed by atoms with van der Waals surface area (Å²) in [5.41, 5.74) is 0. The Morgan fingerprint density at radius 3 is 0.931 bits per heavy atom. The monoisotopic (exact) mass is 470 g/mol. The van der Waals surface area contributed by atoms with Gasteiger partial charge in [-0.2, -0.15) is 0 Å². The summed E-state index contributed by atoms with van der Waals surface area (Å²) in [5, 5.41) is 0. The molecule has 176 valence electrons. The number of hydrogen-bond donors (Lipinski definition) is 0. The zero-order valence-corrected chi connectivity index (χ0v) is 22.3. The molecule has 0 aliphatic rings. The molecule has 0 aliphatic carbocycles. The zero-order chi connectivity index (χ0) is 21.5. The van der Waals surface area contributed by atoms with Gasteiger partial charge in [0.25, 0.3) is 0 Å². The Balaban J connectivity index is 4.03. The van der Waals surface area contributed by atoms with Crippen molar-refractivity contribution in [3.8, 4) is 0 Å². The molecule has 0 atom stereocenters. The van der Waals surface area contributed by atoms with Crippen molar-refractivity contribution in [2.45, 2.75) is 136 Å². The number of rotatable bonds is 24. The summed E-state index contributed by atoms with van der Waals surface area (Å²) in [4.78, 5) is 0. The summed E-state index contributed by atoms with van der Waals surface area (Å²) in [6, 6.07) is 0. The molecule has 0 radical (unpaired) electrons. The summed E-state index contributed by atoms with van der Waals surface area (Å²) in [7, 11) is 6.75. The second-order valence-corrected chi connectivity index (χ2v) is 13.1. The topological polar surface area (TPSA) is 27.7 Å². The Hall–Kier alpha value is 0.884. The third-order valence-corrected chi connectivity index (χ3v) is 9.24. The molecule has 29 heavy (non-hydrogen) atoms. The number of unbranched alkanes of at least 4 members (excludes halogenated alkanes) is 15. The van der Waals surface area contributed by atoms with Gasteiger partial charge in [0.15, 0.2) is 0 Å². The average molecular weight is 471 g/mol. The first-order chi connectivity index (χ1) is 14.2.